The minimum atomic E-state index is 0.150. The predicted octanol–water partition coefficient (Wildman–Crippen LogP) is 1.89. The van der Waals surface area contributed by atoms with Crippen LogP contribution in [0.5, 0.6) is 0 Å². The van der Waals surface area contributed by atoms with Gasteiger partial charge < -0.3 is 15.0 Å². The van der Waals surface area contributed by atoms with E-state index in [-0.39, 0.29) is 6.03 Å². The number of ether oxygens (including phenoxy) is 1. The fourth-order valence-corrected chi connectivity index (χ4v) is 3.51. The molecule has 96 valence electrons. The van der Waals surface area contributed by atoms with E-state index in [9.17, 15) is 4.79 Å². The van der Waals surface area contributed by atoms with Crippen LogP contribution >= 0.6 is 0 Å². The molecule has 0 spiro atoms. The number of rotatable bonds is 1. The molecule has 0 bridgehead atoms. The first-order valence-corrected chi connectivity index (χ1v) is 7.03. The highest BCUT2D eigenvalue weighted by atomic mass is 16.5. The van der Waals surface area contributed by atoms with Gasteiger partial charge in [-0.15, -0.1) is 0 Å². The summed E-state index contributed by atoms with van der Waals surface area (Å²) < 4.78 is 5.73. The van der Waals surface area contributed by atoms with Gasteiger partial charge in [0.1, 0.15) is 0 Å². The zero-order valence-corrected chi connectivity index (χ0v) is 10.4. The van der Waals surface area contributed by atoms with Crippen molar-refractivity contribution >= 4 is 6.03 Å². The standard InChI is InChI=1S/C13H22N2O2/c16-13(14-10-4-1-2-5-10)15-8-9-17-12-7-3-6-11(12)15/h10-12H,1-9H2,(H,14,16). The molecular weight excluding hydrogens is 216 g/mol. The fourth-order valence-electron chi connectivity index (χ4n) is 3.51. The zero-order valence-electron chi connectivity index (χ0n) is 10.4. The van der Waals surface area contributed by atoms with E-state index < -0.39 is 0 Å². The van der Waals surface area contributed by atoms with Crippen LogP contribution in [0.25, 0.3) is 0 Å². The second-order valence-corrected chi connectivity index (χ2v) is 5.53. The molecule has 3 aliphatic rings. The summed E-state index contributed by atoms with van der Waals surface area (Å²) in [6, 6.07) is 0.910. The summed E-state index contributed by atoms with van der Waals surface area (Å²) in [5, 5.41) is 3.19. The topological polar surface area (TPSA) is 41.6 Å². The molecule has 4 nitrogen and oxygen atoms in total. The quantitative estimate of drug-likeness (QED) is 0.758. The second kappa shape index (κ2) is 4.84. The fraction of sp³-hybridized carbons (Fsp3) is 0.923. The van der Waals surface area contributed by atoms with Crippen LogP contribution in [0, 0.1) is 0 Å². The van der Waals surface area contributed by atoms with Crippen LogP contribution < -0.4 is 5.32 Å². The molecule has 3 fully saturated rings. The van der Waals surface area contributed by atoms with Crippen LogP contribution in [0.4, 0.5) is 4.79 Å². The van der Waals surface area contributed by atoms with Gasteiger partial charge in [-0.05, 0) is 32.1 Å². The summed E-state index contributed by atoms with van der Waals surface area (Å²) in [5.41, 5.74) is 0. The largest absolute Gasteiger partial charge is 0.374 e. The van der Waals surface area contributed by atoms with Crippen molar-refractivity contribution in [3.05, 3.63) is 0 Å². The van der Waals surface area contributed by atoms with Crippen LogP contribution in [0.2, 0.25) is 0 Å². The Labute approximate surface area is 103 Å². The highest BCUT2D eigenvalue weighted by molar-refractivity contribution is 5.75. The average Bonchev–Trinajstić information content (AvgIpc) is 2.97. The van der Waals surface area contributed by atoms with Crippen LogP contribution in [0.15, 0.2) is 0 Å². The Morgan fingerprint density at radius 2 is 1.94 bits per heavy atom. The molecule has 0 aromatic heterocycles. The molecule has 0 aromatic carbocycles. The number of nitrogens with one attached hydrogen (secondary N) is 1. The van der Waals surface area contributed by atoms with Crippen molar-refractivity contribution in [2.75, 3.05) is 13.2 Å². The maximum atomic E-state index is 12.3. The lowest BCUT2D eigenvalue weighted by Crippen LogP contribution is -2.55. The Kier molecular flexibility index (Phi) is 3.23. The van der Waals surface area contributed by atoms with E-state index in [1.807, 2.05) is 4.90 Å². The molecule has 0 radical (unpaired) electrons. The van der Waals surface area contributed by atoms with Crippen molar-refractivity contribution in [1.82, 2.24) is 10.2 Å². The first-order valence-electron chi connectivity index (χ1n) is 7.03. The molecule has 4 heteroatoms. The number of urea groups is 1. The van der Waals surface area contributed by atoms with Crippen molar-refractivity contribution in [1.29, 1.82) is 0 Å². The van der Waals surface area contributed by atoms with E-state index in [1.54, 1.807) is 0 Å². The van der Waals surface area contributed by atoms with E-state index in [2.05, 4.69) is 5.32 Å². The van der Waals surface area contributed by atoms with Gasteiger partial charge in [-0.25, -0.2) is 4.79 Å². The predicted molar refractivity (Wildman–Crippen MR) is 64.9 cm³/mol. The smallest absolute Gasteiger partial charge is 0.318 e. The van der Waals surface area contributed by atoms with Crippen LogP contribution in [0.1, 0.15) is 44.9 Å². The van der Waals surface area contributed by atoms with Gasteiger partial charge in [0.15, 0.2) is 0 Å². The lowest BCUT2D eigenvalue weighted by Gasteiger charge is -2.38. The number of fused-ring (bicyclic) bond motifs is 1. The van der Waals surface area contributed by atoms with Gasteiger partial charge in [-0.1, -0.05) is 12.8 Å². The van der Waals surface area contributed by atoms with Crippen LogP contribution in [-0.2, 0) is 4.74 Å². The molecule has 0 aromatic rings. The molecular formula is C13H22N2O2. The highest BCUT2D eigenvalue weighted by Crippen LogP contribution is 2.30. The van der Waals surface area contributed by atoms with Crippen LogP contribution in [-0.4, -0.2) is 42.3 Å². The molecule has 2 atom stereocenters. The lowest BCUT2D eigenvalue weighted by atomic mass is 10.1. The van der Waals surface area contributed by atoms with E-state index in [0.717, 1.165) is 32.2 Å². The van der Waals surface area contributed by atoms with Gasteiger partial charge in [-0.2, -0.15) is 0 Å². The molecule has 3 rings (SSSR count). The highest BCUT2D eigenvalue weighted by Gasteiger charge is 2.38. The van der Waals surface area contributed by atoms with Gasteiger partial charge in [0.2, 0.25) is 0 Å². The Hall–Kier alpha value is -0.770. The Morgan fingerprint density at radius 1 is 1.12 bits per heavy atom. The summed E-state index contributed by atoms with van der Waals surface area (Å²) in [7, 11) is 0. The van der Waals surface area contributed by atoms with E-state index >= 15 is 0 Å². The Balaban J connectivity index is 1.59. The lowest BCUT2D eigenvalue weighted by molar-refractivity contribution is -0.0385. The molecule has 2 saturated carbocycles. The average molecular weight is 238 g/mol. The third kappa shape index (κ3) is 2.28. The SMILES string of the molecule is O=C(NC1CCCC1)N1CCOC2CCCC21. The number of carbonyl (C=O) groups is 1. The van der Waals surface area contributed by atoms with Crippen molar-refractivity contribution in [2.45, 2.75) is 63.1 Å². The van der Waals surface area contributed by atoms with Gasteiger partial charge in [0.25, 0.3) is 0 Å². The van der Waals surface area contributed by atoms with Crippen molar-refractivity contribution in [3.63, 3.8) is 0 Å². The minimum Gasteiger partial charge on any atom is -0.374 e. The molecule has 1 saturated heterocycles. The van der Waals surface area contributed by atoms with Crippen molar-refractivity contribution in [2.24, 2.45) is 0 Å². The number of amides is 2. The molecule has 1 heterocycles. The summed E-state index contributed by atoms with van der Waals surface area (Å²) in [4.78, 5) is 14.3. The molecule has 17 heavy (non-hydrogen) atoms. The summed E-state index contributed by atoms with van der Waals surface area (Å²) in [5.74, 6) is 0. The van der Waals surface area contributed by atoms with Crippen molar-refractivity contribution in [3.8, 4) is 0 Å². The van der Waals surface area contributed by atoms with Gasteiger partial charge in [0, 0.05) is 12.6 Å². The van der Waals surface area contributed by atoms with E-state index in [1.165, 1.54) is 19.3 Å². The first-order chi connectivity index (χ1) is 8.34. The van der Waals surface area contributed by atoms with E-state index in [4.69, 9.17) is 4.74 Å². The number of carbonyl (C=O) groups excluding carboxylic acids is 1. The number of hydrogen-bond acceptors (Lipinski definition) is 2. The zero-order chi connectivity index (χ0) is 11.7. The van der Waals surface area contributed by atoms with Gasteiger partial charge in [0.05, 0.1) is 18.8 Å². The summed E-state index contributed by atoms with van der Waals surface area (Å²) in [6.45, 7) is 1.47. The van der Waals surface area contributed by atoms with E-state index in [0.29, 0.717) is 24.8 Å². The van der Waals surface area contributed by atoms with Gasteiger partial charge in [-0.3, -0.25) is 0 Å². The number of hydrogen-bond donors (Lipinski definition) is 1. The third-order valence-electron chi connectivity index (χ3n) is 4.43. The number of morpholine rings is 1. The normalized spacial score (nSPS) is 33.8. The Bertz CT molecular complexity index is 289. The molecule has 1 N–H and O–H groups in total. The first kappa shape index (κ1) is 11.3. The molecule has 2 amide bonds. The van der Waals surface area contributed by atoms with Gasteiger partial charge >= 0.3 is 6.03 Å². The summed E-state index contributed by atoms with van der Waals surface area (Å²) >= 11 is 0. The minimum absolute atomic E-state index is 0.150. The van der Waals surface area contributed by atoms with Crippen molar-refractivity contribution < 1.29 is 9.53 Å². The second-order valence-electron chi connectivity index (χ2n) is 5.53. The summed E-state index contributed by atoms with van der Waals surface area (Å²) in [6.07, 6.45) is 8.58. The molecule has 2 aliphatic carbocycles. The monoisotopic (exact) mass is 238 g/mol. The maximum absolute atomic E-state index is 12.3. The third-order valence-corrected chi connectivity index (χ3v) is 4.43. The maximum Gasteiger partial charge on any atom is 0.318 e. The van der Waals surface area contributed by atoms with Crippen LogP contribution in [0.3, 0.4) is 0 Å². The molecule has 1 aliphatic heterocycles. The molecule has 2 unspecified atom stereocenters. The number of nitrogens with zero attached hydrogens (tertiary/aromatic N) is 1. The Morgan fingerprint density at radius 3 is 2.76 bits per heavy atom.